The molecule has 7 heteroatoms. The van der Waals surface area contributed by atoms with Crippen LogP contribution in [0.25, 0.3) is 0 Å². The number of halogens is 2. The zero-order chi connectivity index (χ0) is 16.9. The van der Waals surface area contributed by atoms with Crippen LogP contribution in [0.5, 0.6) is 0 Å². The van der Waals surface area contributed by atoms with Crippen molar-refractivity contribution in [3.63, 3.8) is 0 Å². The predicted molar refractivity (Wildman–Crippen MR) is 81.0 cm³/mol. The second-order valence-electron chi connectivity index (χ2n) is 4.98. The lowest BCUT2D eigenvalue weighted by Gasteiger charge is -2.25. The highest BCUT2D eigenvalue weighted by Crippen LogP contribution is 2.21. The number of sulfone groups is 1. The van der Waals surface area contributed by atoms with Gasteiger partial charge in [-0.25, -0.2) is 17.2 Å². The fourth-order valence-corrected chi connectivity index (χ4v) is 2.99. The Morgan fingerprint density at radius 2 is 1.95 bits per heavy atom. The first-order valence-corrected chi connectivity index (χ1v) is 8.52. The molecule has 0 fully saturated rings. The third kappa shape index (κ3) is 4.91. The van der Waals surface area contributed by atoms with Crippen molar-refractivity contribution in [1.29, 1.82) is 0 Å². The Bertz CT molecular complexity index is 671. The summed E-state index contributed by atoms with van der Waals surface area (Å²) in [6.07, 6.45) is 3.05. The molecule has 1 amide bonds. The van der Waals surface area contributed by atoms with Crippen LogP contribution in [-0.4, -0.2) is 37.8 Å². The number of carbonyl (C=O) groups excluding carboxylic acids is 1. The van der Waals surface area contributed by atoms with Crippen LogP contribution in [0.15, 0.2) is 30.4 Å². The SMILES string of the molecule is CC=CCS(=O)(=O)CC(=O)N(C)C(C)c1ccc(F)c(F)c1. The molecule has 1 unspecified atom stereocenters. The van der Waals surface area contributed by atoms with Crippen LogP contribution in [-0.2, 0) is 14.6 Å². The Morgan fingerprint density at radius 1 is 1.32 bits per heavy atom. The fourth-order valence-electron chi connectivity index (χ4n) is 1.80. The third-order valence-corrected chi connectivity index (χ3v) is 4.72. The largest absolute Gasteiger partial charge is 0.338 e. The highest BCUT2D eigenvalue weighted by molar-refractivity contribution is 7.92. The standard InChI is InChI=1S/C15H19F2NO3S/c1-4-5-8-22(20,21)10-15(19)18(3)11(2)12-6-7-13(16)14(17)9-12/h4-7,9,11H,8,10H2,1-3H3. The molecule has 0 spiro atoms. The van der Waals surface area contributed by atoms with E-state index < -0.39 is 39.2 Å². The molecule has 1 aromatic carbocycles. The van der Waals surface area contributed by atoms with Gasteiger partial charge in [-0.2, -0.15) is 0 Å². The van der Waals surface area contributed by atoms with Crippen molar-refractivity contribution in [3.8, 4) is 0 Å². The van der Waals surface area contributed by atoms with E-state index in [1.807, 2.05) is 0 Å². The Morgan fingerprint density at radius 3 is 2.50 bits per heavy atom. The van der Waals surface area contributed by atoms with Crippen LogP contribution in [0.4, 0.5) is 8.78 Å². The predicted octanol–water partition coefficient (Wildman–Crippen LogP) is 2.48. The normalized spacial score (nSPS) is 13.3. The number of hydrogen-bond donors (Lipinski definition) is 0. The Labute approximate surface area is 129 Å². The van der Waals surface area contributed by atoms with Gasteiger partial charge in [-0.1, -0.05) is 18.2 Å². The zero-order valence-electron chi connectivity index (χ0n) is 12.7. The van der Waals surface area contributed by atoms with Crippen LogP contribution >= 0.6 is 0 Å². The van der Waals surface area contributed by atoms with Gasteiger partial charge in [0.05, 0.1) is 11.8 Å². The molecule has 0 radical (unpaired) electrons. The maximum absolute atomic E-state index is 13.2. The quantitative estimate of drug-likeness (QED) is 0.753. The molecular weight excluding hydrogens is 312 g/mol. The average Bonchev–Trinajstić information content (AvgIpc) is 2.46. The topological polar surface area (TPSA) is 54.5 Å². The van der Waals surface area contributed by atoms with E-state index in [2.05, 4.69) is 0 Å². The molecule has 0 aliphatic rings. The molecule has 4 nitrogen and oxygen atoms in total. The minimum Gasteiger partial charge on any atom is -0.338 e. The second-order valence-corrected chi connectivity index (χ2v) is 7.09. The second kappa shape index (κ2) is 7.49. The van der Waals surface area contributed by atoms with E-state index in [1.54, 1.807) is 19.9 Å². The van der Waals surface area contributed by atoms with Gasteiger partial charge in [-0.3, -0.25) is 4.79 Å². The molecule has 0 saturated carbocycles. The van der Waals surface area contributed by atoms with Crippen molar-refractivity contribution in [2.24, 2.45) is 0 Å². The molecular formula is C15H19F2NO3S. The van der Waals surface area contributed by atoms with Gasteiger partial charge in [-0.05, 0) is 31.5 Å². The van der Waals surface area contributed by atoms with Crippen LogP contribution in [0, 0.1) is 11.6 Å². The van der Waals surface area contributed by atoms with E-state index in [0.717, 1.165) is 12.1 Å². The lowest BCUT2D eigenvalue weighted by atomic mass is 10.1. The first-order valence-electron chi connectivity index (χ1n) is 6.70. The van der Waals surface area contributed by atoms with Crippen LogP contribution in [0.1, 0.15) is 25.5 Å². The lowest BCUT2D eigenvalue weighted by Crippen LogP contribution is -2.35. The summed E-state index contributed by atoms with van der Waals surface area (Å²) in [5, 5.41) is 0. The number of carbonyl (C=O) groups is 1. The summed E-state index contributed by atoms with van der Waals surface area (Å²) in [5.41, 5.74) is 0.389. The smallest absolute Gasteiger partial charge is 0.238 e. The first kappa shape index (κ1) is 18.3. The molecule has 1 aromatic rings. The zero-order valence-corrected chi connectivity index (χ0v) is 13.5. The van der Waals surface area contributed by atoms with Crippen LogP contribution < -0.4 is 0 Å². The summed E-state index contributed by atoms with van der Waals surface area (Å²) < 4.78 is 49.7. The van der Waals surface area contributed by atoms with Crippen molar-refractivity contribution < 1.29 is 22.0 Å². The van der Waals surface area contributed by atoms with Crippen molar-refractivity contribution >= 4 is 15.7 Å². The van der Waals surface area contributed by atoms with E-state index in [4.69, 9.17) is 0 Å². The van der Waals surface area contributed by atoms with Gasteiger partial charge in [0.25, 0.3) is 0 Å². The Balaban J connectivity index is 2.83. The van der Waals surface area contributed by atoms with Gasteiger partial charge in [0, 0.05) is 7.05 Å². The van der Waals surface area contributed by atoms with Gasteiger partial charge in [0.15, 0.2) is 21.5 Å². The number of nitrogens with zero attached hydrogens (tertiary/aromatic N) is 1. The minimum atomic E-state index is -3.53. The third-order valence-electron chi connectivity index (χ3n) is 3.33. The van der Waals surface area contributed by atoms with E-state index in [1.165, 1.54) is 24.1 Å². The maximum Gasteiger partial charge on any atom is 0.238 e. The number of rotatable bonds is 6. The number of hydrogen-bond acceptors (Lipinski definition) is 3. The summed E-state index contributed by atoms with van der Waals surface area (Å²) in [6.45, 7) is 3.30. The molecule has 0 N–H and O–H groups in total. The summed E-state index contributed by atoms with van der Waals surface area (Å²) in [6, 6.07) is 2.76. The van der Waals surface area contributed by atoms with Gasteiger partial charge < -0.3 is 4.90 Å². The molecule has 0 bridgehead atoms. The monoisotopic (exact) mass is 331 g/mol. The lowest BCUT2D eigenvalue weighted by molar-refractivity contribution is -0.129. The Kier molecular flexibility index (Phi) is 6.22. The number of amides is 1. The van der Waals surface area contributed by atoms with E-state index in [0.29, 0.717) is 5.56 Å². The van der Waals surface area contributed by atoms with Crippen LogP contribution in [0.3, 0.4) is 0 Å². The minimum absolute atomic E-state index is 0.206. The van der Waals surface area contributed by atoms with Crippen molar-refractivity contribution in [2.75, 3.05) is 18.6 Å². The van der Waals surface area contributed by atoms with Crippen molar-refractivity contribution in [2.45, 2.75) is 19.9 Å². The van der Waals surface area contributed by atoms with E-state index in [-0.39, 0.29) is 5.75 Å². The van der Waals surface area contributed by atoms with Crippen molar-refractivity contribution in [3.05, 3.63) is 47.5 Å². The van der Waals surface area contributed by atoms with Gasteiger partial charge >= 0.3 is 0 Å². The molecule has 1 rings (SSSR count). The van der Waals surface area contributed by atoms with Crippen molar-refractivity contribution in [1.82, 2.24) is 4.90 Å². The number of benzene rings is 1. The molecule has 0 aliphatic heterocycles. The molecule has 0 saturated heterocycles. The van der Waals surface area contributed by atoms with E-state index in [9.17, 15) is 22.0 Å². The first-order chi connectivity index (χ1) is 10.2. The molecule has 22 heavy (non-hydrogen) atoms. The van der Waals surface area contributed by atoms with E-state index >= 15 is 0 Å². The van der Waals surface area contributed by atoms with Gasteiger partial charge in [-0.15, -0.1) is 0 Å². The summed E-state index contributed by atoms with van der Waals surface area (Å²) in [5.74, 6) is -3.41. The maximum atomic E-state index is 13.2. The highest BCUT2D eigenvalue weighted by Gasteiger charge is 2.23. The molecule has 122 valence electrons. The number of allylic oxidation sites excluding steroid dienone is 1. The summed E-state index contributed by atoms with van der Waals surface area (Å²) in [4.78, 5) is 13.3. The molecule has 0 aromatic heterocycles. The molecule has 0 heterocycles. The fraction of sp³-hybridized carbons (Fsp3) is 0.400. The molecule has 1 atom stereocenters. The Hall–Kier alpha value is -1.76. The van der Waals surface area contributed by atoms with Gasteiger partial charge in [0.1, 0.15) is 5.75 Å². The summed E-state index contributed by atoms with van der Waals surface area (Å²) in [7, 11) is -2.10. The van der Waals surface area contributed by atoms with Gasteiger partial charge in [0.2, 0.25) is 5.91 Å². The molecule has 0 aliphatic carbocycles. The summed E-state index contributed by atoms with van der Waals surface area (Å²) >= 11 is 0. The average molecular weight is 331 g/mol. The van der Waals surface area contributed by atoms with Crippen LogP contribution in [0.2, 0.25) is 0 Å². The highest BCUT2D eigenvalue weighted by atomic mass is 32.2.